The molecule has 0 aliphatic heterocycles. The number of methoxy groups -OCH3 is 1. The fourth-order valence-corrected chi connectivity index (χ4v) is 1.11. The Hall–Kier alpha value is -1.62. The van der Waals surface area contributed by atoms with Gasteiger partial charge in [0.05, 0.1) is 19.3 Å². The van der Waals surface area contributed by atoms with Gasteiger partial charge in [0, 0.05) is 6.54 Å². The minimum Gasteiger partial charge on any atom is -0.494 e. The summed E-state index contributed by atoms with van der Waals surface area (Å²) < 4.78 is 18.2. The van der Waals surface area contributed by atoms with Crippen molar-refractivity contribution in [2.45, 2.75) is 0 Å². The third-order valence-corrected chi connectivity index (χ3v) is 1.83. The van der Waals surface area contributed by atoms with E-state index in [0.29, 0.717) is 0 Å². The zero-order chi connectivity index (χ0) is 11.3. The van der Waals surface area contributed by atoms with Crippen molar-refractivity contribution < 1.29 is 19.0 Å². The van der Waals surface area contributed by atoms with E-state index in [9.17, 15) is 9.18 Å². The zero-order valence-corrected chi connectivity index (χ0v) is 8.29. The first-order chi connectivity index (χ1) is 7.20. The molecule has 0 bridgehead atoms. The minimum atomic E-state index is -0.699. The molecule has 1 aromatic carbocycles. The van der Waals surface area contributed by atoms with Crippen LogP contribution in [0.3, 0.4) is 0 Å². The average molecular weight is 213 g/mol. The molecule has 0 atom stereocenters. The zero-order valence-electron chi connectivity index (χ0n) is 8.29. The molecular weight excluding hydrogens is 201 g/mol. The summed E-state index contributed by atoms with van der Waals surface area (Å²) in [5.41, 5.74) is -0.0946. The molecule has 0 heterocycles. The summed E-state index contributed by atoms with van der Waals surface area (Å²) in [6.07, 6.45) is 0. The largest absolute Gasteiger partial charge is 0.494 e. The Morgan fingerprint density at radius 1 is 1.60 bits per heavy atom. The van der Waals surface area contributed by atoms with E-state index in [-0.39, 0.29) is 24.5 Å². The van der Waals surface area contributed by atoms with Gasteiger partial charge in [0.15, 0.2) is 11.6 Å². The fourth-order valence-electron chi connectivity index (χ4n) is 1.11. The summed E-state index contributed by atoms with van der Waals surface area (Å²) in [7, 11) is 1.33. The number of aliphatic hydroxyl groups is 1. The Kier molecular flexibility index (Phi) is 4.05. The Morgan fingerprint density at radius 3 is 2.93 bits per heavy atom. The predicted molar refractivity (Wildman–Crippen MR) is 52.4 cm³/mol. The second kappa shape index (κ2) is 5.31. The van der Waals surface area contributed by atoms with Gasteiger partial charge in [-0.3, -0.25) is 4.79 Å². The van der Waals surface area contributed by atoms with Gasteiger partial charge in [-0.15, -0.1) is 0 Å². The average Bonchev–Trinajstić information content (AvgIpc) is 2.26. The number of amides is 1. The van der Waals surface area contributed by atoms with Gasteiger partial charge in [-0.2, -0.15) is 0 Å². The molecule has 0 unspecified atom stereocenters. The fraction of sp³-hybridized carbons (Fsp3) is 0.300. The van der Waals surface area contributed by atoms with E-state index < -0.39 is 11.7 Å². The highest BCUT2D eigenvalue weighted by Crippen LogP contribution is 2.19. The van der Waals surface area contributed by atoms with Crippen LogP contribution in [0.15, 0.2) is 18.2 Å². The van der Waals surface area contributed by atoms with Crippen molar-refractivity contribution in [1.29, 1.82) is 0 Å². The molecule has 1 rings (SSSR count). The van der Waals surface area contributed by atoms with Crippen LogP contribution in [0.5, 0.6) is 5.75 Å². The number of ether oxygens (including phenoxy) is 1. The van der Waals surface area contributed by atoms with Crippen LogP contribution in [0.25, 0.3) is 0 Å². The minimum absolute atomic E-state index is 0.0200. The van der Waals surface area contributed by atoms with Crippen LogP contribution in [-0.2, 0) is 0 Å². The second-order valence-corrected chi connectivity index (χ2v) is 2.80. The van der Waals surface area contributed by atoms with Gasteiger partial charge >= 0.3 is 0 Å². The lowest BCUT2D eigenvalue weighted by Gasteiger charge is -2.07. The number of rotatable bonds is 4. The van der Waals surface area contributed by atoms with E-state index in [2.05, 4.69) is 5.32 Å². The summed E-state index contributed by atoms with van der Waals surface area (Å²) >= 11 is 0. The molecule has 15 heavy (non-hydrogen) atoms. The van der Waals surface area contributed by atoms with Crippen LogP contribution in [0.4, 0.5) is 4.39 Å². The first kappa shape index (κ1) is 11.5. The van der Waals surface area contributed by atoms with E-state index in [1.807, 2.05) is 0 Å². The standard InChI is InChI=1S/C10H12FNO3/c1-15-8-4-2-3-7(9(8)11)10(14)12-5-6-13/h2-4,13H,5-6H2,1H3,(H,12,14). The van der Waals surface area contributed by atoms with Crippen LogP contribution < -0.4 is 10.1 Å². The monoisotopic (exact) mass is 213 g/mol. The summed E-state index contributed by atoms with van der Waals surface area (Å²) in [5.74, 6) is -1.25. The quantitative estimate of drug-likeness (QED) is 0.768. The van der Waals surface area contributed by atoms with Gasteiger partial charge in [0.2, 0.25) is 0 Å². The first-order valence-electron chi connectivity index (χ1n) is 4.42. The molecular formula is C10H12FNO3. The second-order valence-electron chi connectivity index (χ2n) is 2.80. The first-order valence-corrected chi connectivity index (χ1v) is 4.42. The summed E-state index contributed by atoms with van der Waals surface area (Å²) in [4.78, 5) is 11.4. The van der Waals surface area contributed by atoms with Gasteiger partial charge in [-0.25, -0.2) is 4.39 Å². The van der Waals surface area contributed by atoms with Gasteiger partial charge < -0.3 is 15.2 Å². The van der Waals surface area contributed by atoms with Crippen molar-refractivity contribution in [3.05, 3.63) is 29.6 Å². The Morgan fingerprint density at radius 2 is 2.33 bits per heavy atom. The molecule has 5 heteroatoms. The number of carbonyl (C=O) groups excluding carboxylic acids is 1. The summed E-state index contributed by atoms with van der Waals surface area (Å²) in [5, 5.41) is 10.9. The van der Waals surface area contributed by atoms with Gasteiger partial charge in [-0.1, -0.05) is 6.07 Å². The molecule has 0 spiro atoms. The van der Waals surface area contributed by atoms with Crippen LogP contribution in [0.2, 0.25) is 0 Å². The van der Waals surface area contributed by atoms with Crippen LogP contribution in [0, 0.1) is 5.82 Å². The number of hydrogen-bond acceptors (Lipinski definition) is 3. The summed E-state index contributed by atoms with van der Waals surface area (Å²) in [6, 6.07) is 4.30. The maximum absolute atomic E-state index is 13.5. The number of nitrogens with one attached hydrogen (secondary N) is 1. The smallest absolute Gasteiger partial charge is 0.254 e. The van der Waals surface area contributed by atoms with Gasteiger partial charge in [-0.05, 0) is 12.1 Å². The van der Waals surface area contributed by atoms with Crippen molar-refractivity contribution in [2.75, 3.05) is 20.3 Å². The lowest BCUT2D eigenvalue weighted by Crippen LogP contribution is -2.27. The van der Waals surface area contributed by atoms with Gasteiger partial charge in [0.25, 0.3) is 5.91 Å². The Labute approximate surface area is 86.7 Å². The molecule has 82 valence electrons. The molecule has 0 radical (unpaired) electrons. The number of halogens is 1. The molecule has 0 saturated heterocycles. The highest BCUT2D eigenvalue weighted by atomic mass is 19.1. The molecule has 0 aliphatic carbocycles. The lowest BCUT2D eigenvalue weighted by atomic mass is 10.2. The summed E-state index contributed by atoms with van der Waals surface area (Å²) in [6.45, 7) is -0.0905. The van der Waals surface area contributed by atoms with Crippen LogP contribution in [-0.4, -0.2) is 31.3 Å². The van der Waals surface area contributed by atoms with Crippen molar-refractivity contribution in [3.8, 4) is 5.75 Å². The lowest BCUT2D eigenvalue weighted by molar-refractivity contribution is 0.0940. The Bertz CT molecular complexity index is 355. The molecule has 4 nitrogen and oxygen atoms in total. The Balaban J connectivity index is 2.89. The molecule has 0 aromatic heterocycles. The molecule has 0 saturated carbocycles. The molecule has 0 fully saturated rings. The van der Waals surface area contributed by atoms with Crippen molar-refractivity contribution >= 4 is 5.91 Å². The number of carbonyl (C=O) groups is 1. The third kappa shape index (κ3) is 2.66. The maximum atomic E-state index is 13.5. The number of hydrogen-bond donors (Lipinski definition) is 2. The van der Waals surface area contributed by atoms with E-state index in [1.54, 1.807) is 0 Å². The molecule has 0 aliphatic rings. The molecule has 1 aromatic rings. The predicted octanol–water partition coefficient (Wildman–Crippen LogP) is 0.556. The highest BCUT2D eigenvalue weighted by Gasteiger charge is 2.14. The molecule has 1 amide bonds. The van der Waals surface area contributed by atoms with E-state index in [0.717, 1.165) is 0 Å². The van der Waals surface area contributed by atoms with Crippen molar-refractivity contribution in [3.63, 3.8) is 0 Å². The van der Waals surface area contributed by atoms with Crippen molar-refractivity contribution in [2.24, 2.45) is 0 Å². The molecule has 2 N–H and O–H groups in total. The third-order valence-electron chi connectivity index (χ3n) is 1.83. The van der Waals surface area contributed by atoms with E-state index >= 15 is 0 Å². The van der Waals surface area contributed by atoms with Gasteiger partial charge in [0.1, 0.15) is 0 Å². The SMILES string of the molecule is COc1cccc(C(=O)NCCO)c1F. The van der Waals surface area contributed by atoms with Crippen LogP contribution >= 0.6 is 0 Å². The topological polar surface area (TPSA) is 58.6 Å². The van der Waals surface area contributed by atoms with E-state index in [1.165, 1.54) is 25.3 Å². The van der Waals surface area contributed by atoms with Crippen molar-refractivity contribution in [1.82, 2.24) is 5.32 Å². The normalized spacial score (nSPS) is 9.80. The van der Waals surface area contributed by atoms with E-state index in [4.69, 9.17) is 9.84 Å². The van der Waals surface area contributed by atoms with Crippen LogP contribution in [0.1, 0.15) is 10.4 Å². The number of aliphatic hydroxyl groups excluding tert-OH is 1. The number of benzene rings is 1. The maximum Gasteiger partial charge on any atom is 0.254 e. The highest BCUT2D eigenvalue weighted by molar-refractivity contribution is 5.94.